The third-order valence-electron chi connectivity index (χ3n) is 2.95. The number of carboxylic acid groups (broad SMARTS) is 1. The second kappa shape index (κ2) is 5.05. The number of benzene rings is 1. The number of hydrogen-bond donors (Lipinski definition) is 3. The van der Waals surface area contributed by atoms with Crippen molar-refractivity contribution >= 4 is 12.0 Å². The summed E-state index contributed by atoms with van der Waals surface area (Å²) in [5.41, 5.74) is 0.802. The summed E-state index contributed by atoms with van der Waals surface area (Å²) in [6, 6.07) is 7.70. The van der Waals surface area contributed by atoms with Crippen LogP contribution in [0.4, 0.5) is 4.79 Å². The summed E-state index contributed by atoms with van der Waals surface area (Å²) in [7, 11) is 0. The van der Waals surface area contributed by atoms with E-state index in [1.54, 1.807) is 24.3 Å². The number of carbonyl (C=O) groups is 2. The zero-order valence-electron chi connectivity index (χ0n) is 9.61. The van der Waals surface area contributed by atoms with E-state index in [0.29, 0.717) is 0 Å². The van der Waals surface area contributed by atoms with E-state index in [1.165, 1.54) is 0 Å². The number of nitrogens with zero attached hydrogens (tertiary/aromatic N) is 1. The van der Waals surface area contributed by atoms with Gasteiger partial charge in [-0.3, -0.25) is 9.69 Å². The summed E-state index contributed by atoms with van der Waals surface area (Å²) in [4.78, 5) is 23.7. The summed E-state index contributed by atoms with van der Waals surface area (Å²) < 4.78 is 0. The van der Waals surface area contributed by atoms with E-state index in [4.69, 9.17) is 10.2 Å². The molecule has 96 valence electrons. The number of aliphatic hydroxyl groups is 1. The van der Waals surface area contributed by atoms with Gasteiger partial charge in [0.05, 0.1) is 12.6 Å². The molecule has 3 N–H and O–H groups in total. The Morgan fingerprint density at radius 2 is 2.00 bits per heavy atom. The van der Waals surface area contributed by atoms with Crippen LogP contribution in [-0.2, 0) is 11.3 Å². The Hall–Kier alpha value is -2.08. The molecule has 1 aromatic rings. The first kappa shape index (κ1) is 12.4. The van der Waals surface area contributed by atoms with Crippen LogP contribution in [0.15, 0.2) is 30.3 Å². The van der Waals surface area contributed by atoms with Crippen molar-refractivity contribution in [2.45, 2.75) is 18.6 Å². The van der Waals surface area contributed by atoms with E-state index in [-0.39, 0.29) is 19.1 Å². The highest BCUT2D eigenvalue weighted by atomic mass is 16.4. The molecule has 1 aliphatic heterocycles. The summed E-state index contributed by atoms with van der Waals surface area (Å²) in [5, 5.41) is 20.7. The molecule has 0 aromatic heterocycles. The van der Waals surface area contributed by atoms with Crippen molar-refractivity contribution in [1.29, 1.82) is 0 Å². The molecule has 0 spiro atoms. The van der Waals surface area contributed by atoms with Gasteiger partial charge in [-0.15, -0.1) is 0 Å². The molecule has 1 aliphatic rings. The lowest BCUT2D eigenvalue weighted by Crippen LogP contribution is -2.70. The molecule has 0 bridgehead atoms. The van der Waals surface area contributed by atoms with Crippen LogP contribution in [0.1, 0.15) is 5.56 Å². The molecule has 0 radical (unpaired) electrons. The highest BCUT2D eigenvalue weighted by molar-refractivity contribution is 5.92. The smallest absolute Gasteiger partial charge is 0.408 e. The Morgan fingerprint density at radius 3 is 2.50 bits per heavy atom. The van der Waals surface area contributed by atoms with Crippen molar-refractivity contribution in [3.63, 3.8) is 0 Å². The van der Waals surface area contributed by atoms with Gasteiger partial charge in [0.1, 0.15) is 6.04 Å². The van der Waals surface area contributed by atoms with Crippen LogP contribution in [0.2, 0.25) is 0 Å². The summed E-state index contributed by atoms with van der Waals surface area (Å²) >= 11 is 0. The minimum Gasteiger partial charge on any atom is -0.465 e. The minimum atomic E-state index is -1.17. The molecule has 6 nitrogen and oxygen atoms in total. The molecule has 1 saturated heterocycles. The van der Waals surface area contributed by atoms with Gasteiger partial charge in [-0.05, 0) is 5.56 Å². The highest BCUT2D eigenvalue weighted by Gasteiger charge is 2.45. The van der Waals surface area contributed by atoms with E-state index in [1.807, 2.05) is 6.07 Å². The Balaban J connectivity index is 2.14. The lowest BCUT2D eigenvalue weighted by atomic mass is 9.97. The number of carbonyl (C=O) groups excluding carboxylic acids is 1. The van der Waals surface area contributed by atoms with Crippen LogP contribution in [0.3, 0.4) is 0 Å². The van der Waals surface area contributed by atoms with Crippen LogP contribution in [0.25, 0.3) is 0 Å². The third-order valence-corrected chi connectivity index (χ3v) is 2.95. The SMILES string of the molecule is O=C1N[C@H](CO)[C@@H]1N(Cc1ccccc1)C(=O)O. The lowest BCUT2D eigenvalue weighted by molar-refractivity contribution is -0.138. The molecule has 0 unspecified atom stereocenters. The van der Waals surface area contributed by atoms with Crippen LogP contribution in [-0.4, -0.2) is 45.8 Å². The summed E-state index contributed by atoms with van der Waals surface area (Å²) in [6.45, 7) is -0.139. The largest absolute Gasteiger partial charge is 0.465 e. The second-order valence-corrected chi connectivity index (χ2v) is 4.14. The van der Waals surface area contributed by atoms with Crippen molar-refractivity contribution in [2.24, 2.45) is 0 Å². The van der Waals surface area contributed by atoms with Gasteiger partial charge in [0.25, 0.3) is 0 Å². The number of β-lactam (4-membered cyclic amide) rings is 1. The number of hydrogen-bond acceptors (Lipinski definition) is 3. The Kier molecular flexibility index (Phi) is 3.47. The van der Waals surface area contributed by atoms with Gasteiger partial charge in [-0.1, -0.05) is 30.3 Å². The predicted molar refractivity (Wildman–Crippen MR) is 62.8 cm³/mol. The van der Waals surface area contributed by atoms with Crippen LogP contribution >= 0.6 is 0 Å². The zero-order chi connectivity index (χ0) is 13.1. The standard InChI is InChI=1S/C12H14N2O4/c15-7-9-10(11(16)13-9)14(12(17)18)6-8-4-2-1-3-5-8/h1-5,9-10,15H,6-7H2,(H,13,16)(H,17,18)/t9-,10+/m1/s1. The molecule has 1 heterocycles. The van der Waals surface area contributed by atoms with Crippen molar-refractivity contribution in [3.05, 3.63) is 35.9 Å². The first-order valence-corrected chi connectivity index (χ1v) is 5.58. The van der Waals surface area contributed by atoms with Crippen molar-refractivity contribution in [3.8, 4) is 0 Å². The second-order valence-electron chi connectivity index (χ2n) is 4.14. The minimum absolute atomic E-state index is 0.130. The molecule has 0 aliphatic carbocycles. The normalized spacial score (nSPS) is 21.9. The van der Waals surface area contributed by atoms with Gasteiger partial charge in [0.2, 0.25) is 5.91 Å². The lowest BCUT2D eigenvalue weighted by Gasteiger charge is -2.41. The molecular formula is C12H14N2O4. The maximum atomic E-state index is 11.4. The Morgan fingerprint density at radius 1 is 1.33 bits per heavy atom. The maximum absolute atomic E-state index is 11.4. The van der Waals surface area contributed by atoms with Crippen molar-refractivity contribution < 1.29 is 19.8 Å². The van der Waals surface area contributed by atoms with Gasteiger partial charge in [-0.2, -0.15) is 0 Å². The molecule has 2 amide bonds. The fourth-order valence-corrected chi connectivity index (χ4v) is 2.00. The van der Waals surface area contributed by atoms with E-state index in [2.05, 4.69) is 5.32 Å². The average Bonchev–Trinajstić information content (AvgIpc) is 2.36. The van der Waals surface area contributed by atoms with Gasteiger partial charge >= 0.3 is 6.09 Å². The van der Waals surface area contributed by atoms with E-state index in [0.717, 1.165) is 10.5 Å². The monoisotopic (exact) mass is 250 g/mol. The van der Waals surface area contributed by atoms with Crippen LogP contribution < -0.4 is 5.32 Å². The molecule has 0 saturated carbocycles. The number of nitrogens with one attached hydrogen (secondary N) is 1. The number of rotatable bonds is 4. The molecule has 18 heavy (non-hydrogen) atoms. The third kappa shape index (κ3) is 2.28. The van der Waals surface area contributed by atoms with Gasteiger partial charge < -0.3 is 15.5 Å². The van der Waals surface area contributed by atoms with E-state index >= 15 is 0 Å². The molecule has 2 atom stereocenters. The fraction of sp³-hybridized carbons (Fsp3) is 0.333. The van der Waals surface area contributed by atoms with Gasteiger partial charge in [-0.25, -0.2) is 4.79 Å². The first-order valence-electron chi connectivity index (χ1n) is 5.58. The van der Waals surface area contributed by atoms with E-state index < -0.39 is 18.2 Å². The van der Waals surface area contributed by atoms with Gasteiger partial charge in [0.15, 0.2) is 0 Å². The fourth-order valence-electron chi connectivity index (χ4n) is 2.00. The summed E-state index contributed by atoms with van der Waals surface area (Å²) in [6.07, 6.45) is -1.17. The Labute approximate surface area is 104 Å². The number of amides is 2. The van der Waals surface area contributed by atoms with Crippen molar-refractivity contribution in [2.75, 3.05) is 6.61 Å². The summed E-state index contributed by atoms with van der Waals surface area (Å²) in [5.74, 6) is -0.368. The number of aliphatic hydroxyl groups excluding tert-OH is 1. The quantitative estimate of drug-likeness (QED) is 0.657. The first-order chi connectivity index (χ1) is 8.63. The van der Waals surface area contributed by atoms with Crippen LogP contribution in [0, 0.1) is 0 Å². The average molecular weight is 250 g/mol. The highest BCUT2D eigenvalue weighted by Crippen LogP contribution is 2.17. The Bertz CT molecular complexity index is 449. The van der Waals surface area contributed by atoms with E-state index in [9.17, 15) is 9.59 Å². The maximum Gasteiger partial charge on any atom is 0.408 e. The molecule has 1 aromatic carbocycles. The molecule has 2 rings (SSSR count). The molecule has 6 heteroatoms. The van der Waals surface area contributed by atoms with Crippen LogP contribution in [0.5, 0.6) is 0 Å². The predicted octanol–water partition coefficient (Wildman–Crippen LogP) is 0.0259. The topological polar surface area (TPSA) is 89.9 Å². The molecule has 1 fully saturated rings. The zero-order valence-corrected chi connectivity index (χ0v) is 9.61. The van der Waals surface area contributed by atoms with Crippen molar-refractivity contribution in [1.82, 2.24) is 10.2 Å². The molecular weight excluding hydrogens is 236 g/mol. The van der Waals surface area contributed by atoms with Gasteiger partial charge in [0, 0.05) is 6.54 Å².